The van der Waals surface area contributed by atoms with Crippen molar-refractivity contribution in [2.45, 2.75) is 32.7 Å². The number of hydrogen-bond acceptors (Lipinski definition) is 2. The average molecular weight is 192 g/mol. The van der Waals surface area contributed by atoms with Crippen LogP contribution in [0.4, 0.5) is 0 Å². The summed E-state index contributed by atoms with van der Waals surface area (Å²) >= 11 is 0. The van der Waals surface area contributed by atoms with Crippen molar-refractivity contribution < 1.29 is 4.79 Å². The third-order valence-electron chi connectivity index (χ3n) is 2.00. The van der Waals surface area contributed by atoms with Gasteiger partial charge in [-0.3, -0.25) is 9.78 Å². The molecule has 0 aliphatic carbocycles. The Morgan fingerprint density at radius 1 is 1.57 bits per heavy atom. The maximum atomic E-state index is 11.6. The Balaban J connectivity index is 2.51. The van der Waals surface area contributed by atoms with E-state index in [9.17, 15) is 4.79 Å². The van der Waals surface area contributed by atoms with Crippen molar-refractivity contribution in [2.24, 2.45) is 0 Å². The highest BCUT2D eigenvalue weighted by molar-refractivity contribution is 5.92. The summed E-state index contributed by atoms with van der Waals surface area (Å²) in [6, 6.07) is 5.54. The zero-order valence-corrected chi connectivity index (χ0v) is 8.66. The molecule has 0 saturated carbocycles. The predicted molar refractivity (Wildman–Crippen MR) is 56.1 cm³/mol. The van der Waals surface area contributed by atoms with E-state index in [1.807, 2.05) is 13.0 Å². The molecular formula is C11H16N2O. The lowest BCUT2D eigenvalue weighted by Crippen LogP contribution is -2.32. The van der Waals surface area contributed by atoms with E-state index in [2.05, 4.69) is 17.2 Å². The molecule has 1 atom stereocenters. The van der Waals surface area contributed by atoms with E-state index in [0.717, 1.165) is 12.8 Å². The van der Waals surface area contributed by atoms with E-state index >= 15 is 0 Å². The number of amides is 1. The summed E-state index contributed by atoms with van der Waals surface area (Å²) in [6.07, 6.45) is 3.70. The molecule has 0 bridgehead atoms. The first-order valence-electron chi connectivity index (χ1n) is 4.96. The average Bonchev–Trinajstić information content (AvgIpc) is 2.19. The van der Waals surface area contributed by atoms with Crippen molar-refractivity contribution in [1.29, 1.82) is 0 Å². The molecule has 0 saturated heterocycles. The molecule has 1 rings (SSSR count). The summed E-state index contributed by atoms with van der Waals surface area (Å²) in [5.41, 5.74) is 0.482. The zero-order chi connectivity index (χ0) is 10.4. The van der Waals surface area contributed by atoms with E-state index in [-0.39, 0.29) is 11.9 Å². The minimum atomic E-state index is -0.0912. The number of hydrogen-bond donors (Lipinski definition) is 1. The zero-order valence-electron chi connectivity index (χ0n) is 8.66. The fourth-order valence-electron chi connectivity index (χ4n) is 1.30. The van der Waals surface area contributed by atoms with Gasteiger partial charge in [-0.15, -0.1) is 0 Å². The Hall–Kier alpha value is -1.38. The number of aromatic nitrogens is 1. The maximum Gasteiger partial charge on any atom is 0.270 e. The van der Waals surface area contributed by atoms with Crippen molar-refractivity contribution >= 4 is 5.91 Å². The van der Waals surface area contributed by atoms with Gasteiger partial charge in [-0.2, -0.15) is 0 Å². The van der Waals surface area contributed by atoms with Gasteiger partial charge in [0.05, 0.1) is 0 Å². The quantitative estimate of drug-likeness (QED) is 0.792. The van der Waals surface area contributed by atoms with E-state index in [1.165, 1.54) is 0 Å². The van der Waals surface area contributed by atoms with Gasteiger partial charge in [0.1, 0.15) is 5.69 Å². The molecule has 1 aromatic rings. The first-order valence-corrected chi connectivity index (χ1v) is 4.96. The van der Waals surface area contributed by atoms with Crippen LogP contribution in [0.2, 0.25) is 0 Å². The molecule has 76 valence electrons. The standard InChI is InChI=1S/C11H16N2O/c1-3-6-9(2)13-11(14)10-7-4-5-8-12-10/h4-5,7-9H,3,6H2,1-2H3,(H,13,14)/t9-/m0/s1. The molecule has 0 unspecified atom stereocenters. The summed E-state index contributed by atoms with van der Waals surface area (Å²) in [5.74, 6) is -0.0912. The highest BCUT2D eigenvalue weighted by Crippen LogP contribution is 1.98. The first kappa shape index (κ1) is 10.7. The van der Waals surface area contributed by atoms with E-state index in [1.54, 1.807) is 18.3 Å². The van der Waals surface area contributed by atoms with Crippen molar-refractivity contribution in [3.05, 3.63) is 30.1 Å². The molecule has 1 amide bonds. The molecule has 0 aliphatic rings. The van der Waals surface area contributed by atoms with Crippen LogP contribution in [0.5, 0.6) is 0 Å². The summed E-state index contributed by atoms with van der Waals surface area (Å²) in [4.78, 5) is 15.5. The van der Waals surface area contributed by atoms with E-state index in [0.29, 0.717) is 5.69 Å². The Morgan fingerprint density at radius 2 is 2.36 bits per heavy atom. The fraction of sp³-hybridized carbons (Fsp3) is 0.455. The Bertz CT molecular complexity index is 285. The van der Waals surface area contributed by atoms with Gasteiger partial charge in [0.25, 0.3) is 5.91 Å². The third kappa shape index (κ3) is 3.17. The van der Waals surface area contributed by atoms with Crippen molar-refractivity contribution in [3.8, 4) is 0 Å². The summed E-state index contributed by atoms with van der Waals surface area (Å²) in [6.45, 7) is 4.10. The van der Waals surface area contributed by atoms with Gasteiger partial charge in [0.15, 0.2) is 0 Å². The lowest BCUT2D eigenvalue weighted by molar-refractivity contribution is 0.0933. The van der Waals surface area contributed by atoms with Gasteiger partial charge >= 0.3 is 0 Å². The topological polar surface area (TPSA) is 42.0 Å². The summed E-state index contributed by atoms with van der Waals surface area (Å²) in [5, 5.41) is 2.90. The van der Waals surface area contributed by atoms with Crippen LogP contribution in [0.25, 0.3) is 0 Å². The predicted octanol–water partition coefficient (Wildman–Crippen LogP) is 2.00. The molecule has 0 fully saturated rings. The minimum Gasteiger partial charge on any atom is -0.348 e. The Kier molecular flexibility index (Phi) is 4.11. The number of carbonyl (C=O) groups is 1. The molecule has 14 heavy (non-hydrogen) atoms. The van der Waals surface area contributed by atoms with Crippen molar-refractivity contribution in [2.75, 3.05) is 0 Å². The maximum absolute atomic E-state index is 11.6. The molecule has 3 nitrogen and oxygen atoms in total. The lowest BCUT2D eigenvalue weighted by Gasteiger charge is -2.11. The Morgan fingerprint density at radius 3 is 2.93 bits per heavy atom. The monoisotopic (exact) mass is 192 g/mol. The number of nitrogens with one attached hydrogen (secondary N) is 1. The normalized spacial score (nSPS) is 12.1. The smallest absolute Gasteiger partial charge is 0.270 e. The number of pyridine rings is 1. The minimum absolute atomic E-state index is 0.0912. The largest absolute Gasteiger partial charge is 0.348 e. The molecule has 0 aliphatic heterocycles. The van der Waals surface area contributed by atoms with Crippen LogP contribution >= 0.6 is 0 Å². The Labute approximate surface area is 84.6 Å². The summed E-state index contributed by atoms with van der Waals surface area (Å²) in [7, 11) is 0. The van der Waals surface area contributed by atoms with Crippen LogP contribution in [0.15, 0.2) is 24.4 Å². The van der Waals surface area contributed by atoms with Crippen molar-refractivity contribution in [1.82, 2.24) is 10.3 Å². The molecule has 0 radical (unpaired) electrons. The molecule has 1 heterocycles. The van der Waals surface area contributed by atoms with E-state index in [4.69, 9.17) is 0 Å². The first-order chi connectivity index (χ1) is 6.74. The second-order valence-corrected chi connectivity index (χ2v) is 3.38. The molecule has 3 heteroatoms. The molecular weight excluding hydrogens is 176 g/mol. The molecule has 1 N–H and O–H groups in total. The third-order valence-corrected chi connectivity index (χ3v) is 2.00. The fourth-order valence-corrected chi connectivity index (χ4v) is 1.30. The van der Waals surface area contributed by atoms with Crippen LogP contribution in [-0.2, 0) is 0 Å². The molecule has 0 aromatic carbocycles. The second kappa shape index (κ2) is 5.37. The van der Waals surface area contributed by atoms with Gasteiger partial charge < -0.3 is 5.32 Å². The van der Waals surface area contributed by atoms with Gasteiger partial charge in [-0.1, -0.05) is 19.4 Å². The van der Waals surface area contributed by atoms with Gasteiger partial charge in [-0.25, -0.2) is 0 Å². The molecule has 0 spiro atoms. The number of nitrogens with zero attached hydrogens (tertiary/aromatic N) is 1. The lowest BCUT2D eigenvalue weighted by atomic mass is 10.2. The van der Waals surface area contributed by atoms with Gasteiger partial charge in [-0.05, 0) is 25.5 Å². The second-order valence-electron chi connectivity index (χ2n) is 3.38. The van der Waals surface area contributed by atoms with E-state index < -0.39 is 0 Å². The van der Waals surface area contributed by atoms with Crippen LogP contribution in [0.3, 0.4) is 0 Å². The summed E-state index contributed by atoms with van der Waals surface area (Å²) < 4.78 is 0. The number of rotatable bonds is 4. The number of carbonyl (C=O) groups excluding carboxylic acids is 1. The van der Waals surface area contributed by atoms with Crippen LogP contribution in [-0.4, -0.2) is 16.9 Å². The highest BCUT2D eigenvalue weighted by atomic mass is 16.1. The molecule has 1 aromatic heterocycles. The van der Waals surface area contributed by atoms with Crippen molar-refractivity contribution in [3.63, 3.8) is 0 Å². The highest BCUT2D eigenvalue weighted by Gasteiger charge is 2.08. The van der Waals surface area contributed by atoms with Gasteiger partial charge in [0.2, 0.25) is 0 Å². The van der Waals surface area contributed by atoms with Gasteiger partial charge in [0, 0.05) is 12.2 Å². The van der Waals surface area contributed by atoms with Crippen LogP contribution in [0, 0.1) is 0 Å². The van der Waals surface area contributed by atoms with Crippen LogP contribution in [0.1, 0.15) is 37.2 Å². The SMILES string of the molecule is CCC[C@H](C)NC(=O)c1ccccn1. The van der Waals surface area contributed by atoms with Crippen LogP contribution < -0.4 is 5.32 Å².